The Labute approximate surface area is 287 Å². The lowest BCUT2D eigenvalue weighted by Crippen LogP contribution is -2.55. The number of ether oxygens (including phenoxy) is 3. The number of hydrogen-bond donors (Lipinski definition) is 0. The molecule has 2 aromatic carbocycles. The Bertz CT molecular complexity index is 1690. The van der Waals surface area contributed by atoms with E-state index >= 15 is 0 Å². The second-order valence-corrected chi connectivity index (χ2v) is 13.6. The monoisotopic (exact) mass is 669 g/mol. The number of aryl methyl sites for hydroxylation is 1. The zero-order valence-corrected chi connectivity index (χ0v) is 28.3. The van der Waals surface area contributed by atoms with Crippen LogP contribution in [0.5, 0.6) is 6.01 Å². The Hall–Kier alpha value is -4.47. The molecule has 49 heavy (non-hydrogen) atoms. The number of anilines is 2. The van der Waals surface area contributed by atoms with Gasteiger partial charge in [0, 0.05) is 70.1 Å². The van der Waals surface area contributed by atoms with Crippen LogP contribution >= 0.6 is 0 Å². The fourth-order valence-electron chi connectivity index (χ4n) is 7.86. The molecule has 12 heteroatoms. The lowest BCUT2D eigenvalue weighted by Gasteiger charge is -2.43. The molecule has 0 spiro atoms. The summed E-state index contributed by atoms with van der Waals surface area (Å²) >= 11 is 0. The number of piperazine rings is 1. The lowest BCUT2D eigenvalue weighted by atomic mass is 9.88. The number of hydrogen-bond acceptors (Lipinski definition) is 10. The Morgan fingerprint density at radius 3 is 2.69 bits per heavy atom. The second kappa shape index (κ2) is 14.6. The van der Waals surface area contributed by atoms with Crippen LogP contribution in [0, 0.1) is 17.1 Å². The highest BCUT2D eigenvalue weighted by molar-refractivity contribution is 5.69. The van der Waals surface area contributed by atoms with Crippen LogP contribution in [0.3, 0.4) is 0 Å². The maximum Gasteiger partial charge on any atom is 0.410 e. The summed E-state index contributed by atoms with van der Waals surface area (Å²) in [7, 11) is 3.74. The first kappa shape index (κ1) is 33.0. The third-order valence-electron chi connectivity index (χ3n) is 10.4. The minimum Gasteiger partial charge on any atom is -0.456 e. The fourth-order valence-corrected chi connectivity index (χ4v) is 7.86. The summed E-state index contributed by atoms with van der Waals surface area (Å²) in [5, 5.41) is 9.75. The van der Waals surface area contributed by atoms with Crippen molar-refractivity contribution in [3.8, 4) is 12.1 Å². The molecular weight excluding hydrogens is 625 g/mol. The summed E-state index contributed by atoms with van der Waals surface area (Å²) < 4.78 is 32.3. The Morgan fingerprint density at radius 2 is 1.88 bits per heavy atom. The zero-order valence-electron chi connectivity index (χ0n) is 28.3. The molecule has 1 aromatic heterocycles. The number of likely N-dealkylation sites (tertiary alicyclic amines) is 1. The summed E-state index contributed by atoms with van der Waals surface area (Å²) in [6.45, 7) is 3.86. The van der Waals surface area contributed by atoms with Gasteiger partial charge in [0.05, 0.1) is 24.2 Å². The number of benzene rings is 2. The molecule has 1 amide bonds. The van der Waals surface area contributed by atoms with E-state index in [1.165, 1.54) is 5.56 Å². The molecule has 2 fully saturated rings. The van der Waals surface area contributed by atoms with E-state index < -0.39 is 6.09 Å². The average Bonchev–Trinajstić information content (AvgIpc) is 3.48. The van der Waals surface area contributed by atoms with Crippen LogP contribution in [0.4, 0.5) is 20.7 Å². The maximum atomic E-state index is 14.4. The molecule has 0 N–H and O–H groups in total. The van der Waals surface area contributed by atoms with Crippen LogP contribution in [0.1, 0.15) is 41.6 Å². The Morgan fingerprint density at radius 1 is 1.04 bits per heavy atom. The molecule has 3 aliphatic heterocycles. The largest absolute Gasteiger partial charge is 0.456 e. The van der Waals surface area contributed by atoms with Gasteiger partial charge in [-0.2, -0.15) is 15.2 Å². The standard InChI is InChI=1S/C37H44FN7O4/c1-42-22-33(47-2)34(23-42)49-36-40-31-20-28(44-16-6-9-26-10-11-27(38)19-32(26)44)12-13-30(31)35(41-36)43-17-18-45(29(21-43)14-15-39)37(46)48-24-25-7-4-3-5-8-25/h3-5,7-8,10-11,19,28-29,33-34H,6,9,12-14,16-18,20-24H2,1-2H3/t28-,29+,33-,34-/m1/s1. The quantitative estimate of drug-likeness (QED) is 0.343. The third kappa shape index (κ3) is 7.14. The molecule has 0 saturated carbocycles. The first-order valence-electron chi connectivity index (χ1n) is 17.3. The number of fused-ring (bicyclic) bond motifs is 2. The van der Waals surface area contributed by atoms with Gasteiger partial charge in [-0.15, -0.1) is 0 Å². The highest BCUT2D eigenvalue weighted by atomic mass is 19.1. The van der Waals surface area contributed by atoms with Gasteiger partial charge in [0.25, 0.3) is 0 Å². The van der Waals surface area contributed by atoms with Gasteiger partial charge in [-0.1, -0.05) is 36.4 Å². The third-order valence-corrected chi connectivity index (χ3v) is 10.4. The van der Waals surface area contributed by atoms with Gasteiger partial charge in [0.2, 0.25) is 0 Å². The molecule has 0 unspecified atom stereocenters. The van der Waals surface area contributed by atoms with E-state index in [9.17, 15) is 14.4 Å². The molecule has 258 valence electrons. The van der Waals surface area contributed by atoms with Crippen molar-refractivity contribution in [2.45, 2.75) is 69.4 Å². The van der Waals surface area contributed by atoms with Crippen LogP contribution in [0.2, 0.25) is 0 Å². The van der Waals surface area contributed by atoms with Crippen molar-refractivity contribution in [1.29, 1.82) is 5.26 Å². The Balaban J connectivity index is 1.15. The molecule has 4 atom stereocenters. The summed E-state index contributed by atoms with van der Waals surface area (Å²) in [5.41, 5.74) is 5.08. The van der Waals surface area contributed by atoms with Crippen LogP contribution in [0.15, 0.2) is 48.5 Å². The van der Waals surface area contributed by atoms with Crippen molar-refractivity contribution in [3.05, 3.63) is 76.7 Å². The van der Waals surface area contributed by atoms with Gasteiger partial charge in [0.1, 0.15) is 30.4 Å². The summed E-state index contributed by atoms with van der Waals surface area (Å²) in [6, 6.07) is 17.1. The van der Waals surface area contributed by atoms with E-state index in [0.717, 1.165) is 67.1 Å². The van der Waals surface area contributed by atoms with Crippen LogP contribution in [-0.2, 0) is 35.3 Å². The number of carbonyl (C=O) groups is 1. The molecule has 2 saturated heterocycles. The van der Waals surface area contributed by atoms with Gasteiger partial charge in [0.15, 0.2) is 0 Å². The highest BCUT2D eigenvalue weighted by Crippen LogP contribution is 2.37. The number of nitriles is 1. The van der Waals surface area contributed by atoms with E-state index in [1.807, 2.05) is 43.4 Å². The molecule has 3 aromatic rings. The van der Waals surface area contributed by atoms with Crippen LogP contribution in [0.25, 0.3) is 0 Å². The van der Waals surface area contributed by atoms with Crippen molar-refractivity contribution >= 4 is 17.6 Å². The predicted molar refractivity (Wildman–Crippen MR) is 182 cm³/mol. The molecule has 11 nitrogen and oxygen atoms in total. The average molecular weight is 670 g/mol. The van der Waals surface area contributed by atoms with Crippen molar-refractivity contribution in [2.24, 2.45) is 0 Å². The minimum absolute atomic E-state index is 0.106. The van der Waals surface area contributed by atoms with Gasteiger partial charge in [-0.25, -0.2) is 9.18 Å². The SMILES string of the molecule is CO[C@@H]1CN(C)C[C@H]1Oc1nc2c(c(N3CCN(C(=O)OCc4ccccc4)[C@@H](CC#N)C3)n1)CC[C@@H](N1CCCc3ccc(F)cc31)C2. The van der Waals surface area contributed by atoms with E-state index in [4.69, 9.17) is 24.2 Å². The van der Waals surface area contributed by atoms with Gasteiger partial charge in [-0.3, -0.25) is 4.90 Å². The van der Waals surface area contributed by atoms with Crippen molar-refractivity contribution in [2.75, 3.05) is 63.2 Å². The first-order valence-corrected chi connectivity index (χ1v) is 17.3. The number of aromatic nitrogens is 2. The molecule has 7 rings (SSSR count). The molecule has 4 heterocycles. The van der Waals surface area contributed by atoms with Crippen molar-refractivity contribution in [3.63, 3.8) is 0 Å². The highest BCUT2D eigenvalue weighted by Gasteiger charge is 2.38. The van der Waals surface area contributed by atoms with E-state index in [0.29, 0.717) is 38.6 Å². The van der Waals surface area contributed by atoms with Crippen LogP contribution in [-0.4, -0.2) is 104 Å². The topological polar surface area (TPSA) is 107 Å². The number of rotatable bonds is 8. The van der Waals surface area contributed by atoms with Crippen molar-refractivity contribution < 1.29 is 23.4 Å². The van der Waals surface area contributed by atoms with Gasteiger partial charge in [-0.05, 0) is 56.0 Å². The number of nitrogens with zero attached hydrogens (tertiary/aromatic N) is 7. The molecule has 1 aliphatic carbocycles. The normalized spacial score (nSPS) is 23.8. The summed E-state index contributed by atoms with van der Waals surface area (Å²) in [6.07, 6.45) is 3.72. The molecule has 4 aliphatic rings. The Kier molecular flexibility index (Phi) is 9.82. The van der Waals surface area contributed by atoms with Gasteiger partial charge < -0.3 is 28.9 Å². The van der Waals surface area contributed by atoms with Gasteiger partial charge >= 0.3 is 12.1 Å². The number of likely N-dealkylation sites (N-methyl/N-ethyl adjacent to an activating group) is 1. The number of carbonyl (C=O) groups excluding carboxylic acids is 1. The molecule has 0 bridgehead atoms. The predicted octanol–water partition coefficient (Wildman–Crippen LogP) is 4.37. The molecular formula is C37H44FN7O4. The van der Waals surface area contributed by atoms with E-state index in [-0.39, 0.29) is 43.1 Å². The second-order valence-electron chi connectivity index (χ2n) is 13.6. The number of halogens is 1. The lowest BCUT2D eigenvalue weighted by molar-refractivity contribution is 0.0297. The summed E-state index contributed by atoms with van der Waals surface area (Å²) in [4.78, 5) is 31.7. The summed E-state index contributed by atoms with van der Waals surface area (Å²) in [5.74, 6) is 0.579. The first-order chi connectivity index (χ1) is 23.9. The minimum atomic E-state index is -0.422. The van der Waals surface area contributed by atoms with Crippen LogP contribution < -0.4 is 14.5 Å². The maximum absolute atomic E-state index is 14.4. The smallest absolute Gasteiger partial charge is 0.410 e. The fraction of sp³-hybridized carbons (Fsp3) is 0.514. The van der Waals surface area contributed by atoms with Crippen molar-refractivity contribution in [1.82, 2.24) is 19.8 Å². The number of methoxy groups -OCH3 is 1. The number of amides is 1. The van der Waals surface area contributed by atoms with E-state index in [1.54, 1.807) is 24.1 Å². The zero-order chi connectivity index (χ0) is 33.9. The molecule has 0 radical (unpaired) electrons. The van der Waals surface area contributed by atoms with E-state index in [2.05, 4.69) is 20.8 Å².